The Morgan fingerprint density at radius 2 is 1.50 bits per heavy atom. The predicted octanol–water partition coefficient (Wildman–Crippen LogP) is 0.344. The zero-order valence-electron chi connectivity index (χ0n) is 7.55. The Balaban J connectivity index is 1.84. The first-order valence-corrected chi connectivity index (χ1v) is 5.18. The summed E-state index contributed by atoms with van der Waals surface area (Å²) < 4.78 is 5.14. The highest BCUT2D eigenvalue weighted by Gasteiger charge is 2.66. The molecule has 0 N–H and O–H groups in total. The fraction of sp³-hybridized carbons (Fsp3) is 0.636. The molecule has 14 heavy (non-hydrogen) atoms. The van der Waals surface area contributed by atoms with Gasteiger partial charge in [-0.2, -0.15) is 0 Å². The number of allylic oxidation sites excluding steroid dienone is 2. The van der Waals surface area contributed by atoms with Crippen LogP contribution in [0.2, 0.25) is 0 Å². The summed E-state index contributed by atoms with van der Waals surface area (Å²) in [5.41, 5.74) is 0. The third kappa shape index (κ3) is 0.630. The highest BCUT2D eigenvalue weighted by Crippen LogP contribution is 2.54. The van der Waals surface area contributed by atoms with Crippen molar-refractivity contribution >= 4 is 11.6 Å². The van der Waals surface area contributed by atoms with Crippen LogP contribution in [0.3, 0.4) is 0 Å². The maximum atomic E-state index is 11.9. The Hall–Kier alpha value is -0.960. The molecule has 72 valence electrons. The molecule has 1 aliphatic heterocycles. The predicted molar refractivity (Wildman–Crippen MR) is 46.4 cm³/mol. The van der Waals surface area contributed by atoms with Crippen molar-refractivity contribution in [3.05, 3.63) is 12.2 Å². The summed E-state index contributed by atoms with van der Waals surface area (Å²) in [6.07, 6.45) is 4.50. The maximum Gasteiger partial charge on any atom is 0.169 e. The molecule has 4 aliphatic rings. The number of epoxide rings is 1. The average Bonchev–Trinajstić information content (AvgIpc) is 2.74. The van der Waals surface area contributed by atoms with E-state index in [0.29, 0.717) is 11.8 Å². The summed E-state index contributed by atoms with van der Waals surface area (Å²) in [6.45, 7) is 0. The third-order valence-corrected chi connectivity index (χ3v) is 4.17. The molecule has 2 saturated carbocycles. The van der Waals surface area contributed by atoms with Crippen LogP contribution in [-0.4, -0.2) is 23.8 Å². The molecule has 0 unspecified atom stereocenters. The van der Waals surface area contributed by atoms with Crippen molar-refractivity contribution in [3.63, 3.8) is 0 Å². The summed E-state index contributed by atoms with van der Waals surface area (Å²) in [4.78, 5) is 23.7. The average molecular weight is 190 g/mol. The van der Waals surface area contributed by atoms with Gasteiger partial charge in [0.15, 0.2) is 23.8 Å². The summed E-state index contributed by atoms with van der Waals surface area (Å²) in [5, 5.41) is 0. The van der Waals surface area contributed by atoms with E-state index in [1.165, 1.54) is 0 Å². The highest BCUT2D eigenvalue weighted by molar-refractivity contribution is 6.06. The van der Waals surface area contributed by atoms with Crippen LogP contribution in [0.15, 0.2) is 12.2 Å². The van der Waals surface area contributed by atoms with Gasteiger partial charge >= 0.3 is 0 Å². The second-order valence-corrected chi connectivity index (χ2v) is 4.78. The van der Waals surface area contributed by atoms with Crippen LogP contribution in [0.1, 0.15) is 6.42 Å². The quantitative estimate of drug-likeness (QED) is 0.409. The number of fused-ring (bicyclic) bond motifs is 6. The van der Waals surface area contributed by atoms with Gasteiger partial charge in [0.2, 0.25) is 0 Å². The van der Waals surface area contributed by atoms with E-state index in [4.69, 9.17) is 4.74 Å². The van der Waals surface area contributed by atoms with E-state index in [9.17, 15) is 9.59 Å². The Bertz CT molecular complexity index is 350. The van der Waals surface area contributed by atoms with Gasteiger partial charge in [-0.1, -0.05) is 12.2 Å². The molecule has 2 bridgehead atoms. The van der Waals surface area contributed by atoms with Gasteiger partial charge in [-0.05, 0) is 18.3 Å². The lowest BCUT2D eigenvalue weighted by atomic mass is 9.72. The lowest BCUT2D eigenvalue weighted by Crippen LogP contribution is -2.43. The van der Waals surface area contributed by atoms with E-state index in [2.05, 4.69) is 12.2 Å². The van der Waals surface area contributed by atoms with Crippen LogP contribution in [-0.2, 0) is 14.3 Å². The molecule has 0 radical (unpaired) electrons. The van der Waals surface area contributed by atoms with E-state index in [-0.39, 0.29) is 35.6 Å². The molecule has 0 aromatic carbocycles. The van der Waals surface area contributed by atoms with Crippen LogP contribution in [0.5, 0.6) is 0 Å². The summed E-state index contributed by atoms with van der Waals surface area (Å²) in [5.74, 6) is 0.952. The molecule has 0 amide bonds. The number of carbonyl (C=O) groups is 2. The molecule has 4 rings (SSSR count). The number of ketones is 2. The van der Waals surface area contributed by atoms with Crippen molar-refractivity contribution in [1.82, 2.24) is 0 Å². The molecule has 3 nitrogen and oxygen atoms in total. The molecular formula is C11H10O3. The standard InChI is InChI=1S/C11H10O3/c12-8-6-4-1-2-5(3-4)7(6)9(13)11-10(8)14-11/h1-2,4-7,10-11H,3H2/t4-,5+,6-,7+,10-,11-/m1/s1. The second-order valence-electron chi connectivity index (χ2n) is 4.78. The van der Waals surface area contributed by atoms with Crippen molar-refractivity contribution in [3.8, 4) is 0 Å². The summed E-state index contributed by atoms with van der Waals surface area (Å²) >= 11 is 0. The number of hydrogen-bond acceptors (Lipinski definition) is 3. The van der Waals surface area contributed by atoms with Gasteiger partial charge in [0.1, 0.15) is 0 Å². The van der Waals surface area contributed by atoms with Gasteiger partial charge in [0.25, 0.3) is 0 Å². The van der Waals surface area contributed by atoms with E-state index in [1.54, 1.807) is 0 Å². The van der Waals surface area contributed by atoms with E-state index < -0.39 is 0 Å². The molecule has 1 saturated heterocycles. The van der Waals surface area contributed by atoms with E-state index in [0.717, 1.165) is 6.42 Å². The summed E-state index contributed by atoms with van der Waals surface area (Å²) in [7, 11) is 0. The third-order valence-electron chi connectivity index (χ3n) is 4.17. The normalized spacial score (nSPS) is 57.4. The number of carbonyl (C=O) groups excluding carboxylic acids is 2. The zero-order chi connectivity index (χ0) is 9.45. The molecule has 3 fully saturated rings. The first kappa shape index (κ1) is 7.35. The molecular weight excluding hydrogens is 180 g/mol. The van der Waals surface area contributed by atoms with Crippen molar-refractivity contribution in [1.29, 1.82) is 0 Å². The Kier molecular flexibility index (Phi) is 1.05. The molecule has 1 heterocycles. The minimum Gasteiger partial charge on any atom is -0.353 e. The molecule has 0 aromatic heterocycles. The van der Waals surface area contributed by atoms with E-state index >= 15 is 0 Å². The zero-order valence-corrected chi connectivity index (χ0v) is 7.55. The van der Waals surface area contributed by atoms with Gasteiger partial charge in [-0.3, -0.25) is 9.59 Å². The van der Waals surface area contributed by atoms with Crippen LogP contribution < -0.4 is 0 Å². The number of rotatable bonds is 0. The first-order valence-electron chi connectivity index (χ1n) is 5.18. The van der Waals surface area contributed by atoms with Crippen molar-refractivity contribution < 1.29 is 14.3 Å². The smallest absolute Gasteiger partial charge is 0.169 e. The maximum absolute atomic E-state index is 11.9. The van der Waals surface area contributed by atoms with Gasteiger partial charge in [0.05, 0.1) is 0 Å². The topological polar surface area (TPSA) is 46.7 Å². The SMILES string of the molecule is O=C1[C@@H]2[C@H](C(=O)[C@H]3O[C@H]13)[C@@H]1C=C[C@H]2C1. The first-order chi connectivity index (χ1) is 6.77. The highest BCUT2D eigenvalue weighted by atomic mass is 16.6. The van der Waals surface area contributed by atoms with Crippen molar-refractivity contribution in [2.45, 2.75) is 18.6 Å². The molecule has 0 spiro atoms. The van der Waals surface area contributed by atoms with Gasteiger partial charge < -0.3 is 4.74 Å². The molecule has 3 heteroatoms. The fourth-order valence-corrected chi connectivity index (χ4v) is 3.52. The lowest BCUT2D eigenvalue weighted by molar-refractivity contribution is -0.135. The van der Waals surface area contributed by atoms with E-state index in [1.807, 2.05) is 0 Å². The van der Waals surface area contributed by atoms with Crippen LogP contribution >= 0.6 is 0 Å². The molecule has 3 aliphatic carbocycles. The Morgan fingerprint density at radius 1 is 1.00 bits per heavy atom. The fourth-order valence-electron chi connectivity index (χ4n) is 3.52. The van der Waals surface area contributed by atoms with Gasteiger partial charge in [-0.25, -0.2) is 0 Å². The monoisotopic (exact) mass is 190 g/mol. The number of Topliss-reactive ketones (excluding diaryl/α,β-unsaturated/α-hetero) is 2. The van der Waals surface area contributed by atoms with Crippen molar-refractivity contribution in [2.24, 2.45) is 23.7 Å². The van der Waals surface area contributed by atoms with Gasteiger partial charge in [-0.15, -0.1) is 0 Å². The number of ether oxygens (including phenoxy) is 1. The van der Waals surface area contributed by atoms with Gasteiger partial charge in [0, 0.05) is 11.8 Å². The largest absolute Gasteiger partial charge is 0.353 e. The second kappa shape index (κ2) is 2.01. The Morgan fingerprint density at radius 3 is 2.00 bits per heavy atom. The molecule has 0 aromatic rings. The van der Waals surface area contributed by atoms with Crippen LogP contribution in [0.25, 0.3) is 0 Å². The van der Waals surface area contributed by atoms with Crippen molar-refractivity contribution in [2.75, 3.05) is 0 Å². The minimum atomic E-state index is -0.364. The molecule has 6 atom stereocenters. The number of hydrogen-bond donors (Lipinski definition) is 0. The van der Waals surface area contributed by atoms with Crippen LogP contribution in [0.4, 0.5) is 0 Å². The summed E-state index contributed by atoms with van der Waals surface area (Å²) in [6, 6.07) is 0. The Labute approximate surface area is 81.1 Å². The minimum absolute atomic E-state index is 0.0405. The van der Waals surface area contributed by atoms with Crippen LogP contribution in [0, 0.1) is 23.7 Å². The lowest BCUT2D eigenvalue weighted by Gasteiger charge is -2.27.